The van der Waals surface area contributed by atoms with Gasteiger partial charge in [-0.25, -0.2) is 4.79 Å². The molecule has 26 heavy (non-hydrogen) atoms. The number of nitrogens with zero attached hydrogens (tertiary/aromatic N) is 3. The molecule has 2 amide bonds. The summed E-state index contributed by atoms with van der Waals surface area (Å²) in [6.07, 6.45) is 2.78. The van der Waals surface area contributed by atoms with Gasteiger partial charge in [0.25, 0.3) is 0 Å². The van der Waals surface area contributed by atoms with Gasteiger partial charge in [0, 0.05) is 19.6 Å². The third-order valence-electron chi connectivity index (χ3n) is 5.09. The first-order chi connectivity index (χ1) is 12.4. The summed E-state index contributed by atoms with van der Waals surface area (Å²) in [6, 6.07) is 4.39. The predicted molar refractivity (Wildman–Crippen MR) is 100 cm³/mol. The third kappa shape index (κ3) is 4.23. The first-order valence-corrected chi connectivity index (χ1v) is 9.33. The molecule has 0 aliphatic carbocycles. The molecule has 0 saturated carbocycles. The lowest BCUT2D eigenvalue weighted by Crippen LogP contribution is -2.45. The highest BCUT2D eigenvalue weighted by Gasteiger charge is 2.28. The van der Waals surface area contributed by atoms with E-state index < -0.39 is 0 Å². The van der Waals surface area contributed by atoms with Crippen molar-refractivity contribution < 1.29 is 9.32 Å². The van der Waals surface area contributed by atoms with E-state index in [1.807, 2.05) is 11.8 Å². The van der Waals surface area contributed by atoms with Gasteiger partial charge >= 0.3 is 6.03 Å². The van der Waals surface area contributed by atoms with Gasteiger partial charge in [-0.1, -0.05) is 22.9 Å². The van der Waals surface area contributed by atoms with E-state index in [9.17, 15) is 4.79 Å². The van der Waals surface area contributed by atoms with Gasteiger partial charge in [0.2, 0.25) is 5.89 Å². The van der Waals surface area contributed by atoms with Gasteiger partial charge in [0.05, 0.1) is 5.92 Å². The average Bonchev–Trinajstić information content (AvgIpc) is 3.03. The van der Waals surface area contributed by atoms with Crippen molar-refractivity contribution >= 4 is 6.03 Å². The van der Waals surface area contributed by atoms with Gasteiger partial charge in [-0.15, -0.1) is 0 Å². The van der Waals surface area contributed by atoms with Crippen LogP contribution in [0.2, 0.25) is 0 Å². The number of aromatic nitrogens is 2. The summed E-state index contributed by atoms with van der Waals surface area (Å²) in [7, 11) is 0. The normalized spacial score (nSPS) is 17.4. The van der Waals surface area contributed by atoms with E-state index in [-0.39, 0.29) is 11.9 Å². The lowest BCUT2D eigenvalue weighted by molar-refractivity contribution is 0.172. The summed E-state index contributed by atoms with van der Waals surface area (Å²) in [4.78, 5) is 18.7. The number of aryl methyl sites for hydroxylation is 4. The first-order valence-electron chi connectivity index (χ1n) is 9.33. The van der Waals surface area contributed by atoms with Crippen molar-refractivity contribution in [2.75, 3.05) is 19.6 Å². The molecule has 0 bridgehead atoms. The molecule has 2 heterocycles. The number of likely N-dealkylation sites (tertiary alicyclic amines) is 1. The Morgan fingerprint density at radius 1 is 1.27 bits per heavy atom. The summed E-state index contributed by atoms with van der Waals surface area (Å²) in [5.41, 5.74) is 5.19. The fourth-order valence-electron chi connectivity index (χ4n) is 3.85. The van der Waals surface area contributed by atoms with E-state index in [0.29, 0.717) is 24.8 Å². The molecule has 3 rings (SSSR count). The van der Waals surface area contributed by atoms with E-state index >= 15 is 0 Å². The summed E-state index contributed by atoms with van der Waals surface area (Å²) < 4.78 is 5.29. The van der Waals surface area contributed by atoms with Crippen LogP contribution in [-0.2, 0) is 6.42 Å². The van der Waals surface area contributed by atoms with Crippen molar-refractivity contribution in [2.45, 2.75) is 52.9 Å². The van der Waals surface area contributed by atoms with Crippen molar-refractivity contribution in [3.05, 3.63) is 46.1 Å². The van der Waals surface area contributed by atoms with Crippen LogP contribution in [0.1, 0.15) is 52.7 Å². The molecule has 0 radical (unpaired) electrons. The summed E-state index contributed by atoms with van der Waals surface area (Å²) in [5, 5.41) is 6.93. The molecule has 1 atom stereocenters. The van der Waals surface area contributed by atoms with Gasteiger partial charge in [-0.05, 0) is 63.6 Å². The molecule has 6 heteroatoms. The molecule has 1 aliphatic heterocycles. The Labute approximate surface area is 155 Å². The minimum absolute atomic E-state index is 0.00615. The smallest absolute Gasteiger partial charge is 0.317 e. The Bertz CT molecular complexity index is 761. The lowest BCUT2D eigenvalue weighted by Gasteiger charge is -2.31. The third-order valence-corrected chi connectivity index (χ3v) is 5.09. The Balaban J connectivity index is 1.53. The number of nitrogens with one attached hydrogen (secondary N) is 1. The number of hydrogen-bond acceptors (Lipinski definition) is 4. The second-order valence-corrected chi connectivity index (χ2v) is 7.32. The van der Waals surface area contributed by atoms with Crippen molar-refractivity contribution in [2.24, 2.45) is 0 Å². The molecular weight excluding hydrogens is 328 g/mol. The monoisotopic (exact) mass is 356 g/mol. The van der Waals surface area contributed by atoms with Crippen LogP contribution in [0, 0.1) is 27.7 Å². The van der Waals surface area contributed by atoms with E-state index in [0.717, 1.165) is 25.8 Å². The minimum Gasteiger partial charge on any atom is -0.339 e. The maximum Gasteiger partial charge on any atom is 0.317 e. The zero-order chi connectivity index (χ0) is 18.7. The standard InChI is InChI=1S/C20H28N4O2/c1-13-10-14(2)18(15(3)11-13)7-8-21-20(25)24-9-5-6-17(12-24)19-22-16(4)23-26-19/h10-11,17H,5-9,12H2,1-4H3,(H,21,25)/t17-/m0/s1. The molecule has 1 saturated heterocycles. The van der Waals surface area contributed by atoms with Gasteiger partial charge in [0.15, 0.2) is 5.82 Å². The molecule has 1 fully saturated rings. The summed E-state index contributed by atoms with van der Waals surface area (Å²) in [6.45, 7) is 10.3. The van der Waals surface area contributed by atoms with Crippen LogP contribution in [0.3, 0.4) is 0 Å². The van der Waals surface area contributed by atoms with Gasteiger partial charge in [0.1, 0.15) is 0 Å². The second kappa shape index (κ2) is 7.89. The summed E-state index contributed by atoms with van der Waals surface area (Å²) in [5.74, 6) is 1.42. The van der Waals surface area contributed by atoms with Crippen LogP contribution in [0.4, 0.5) is 4.79 Å². The van der Waals surface area contributed by atoms with Crippen molar-refractivity contribution in [1.29, 1.82) is 0 Å². The largest absolute Gasteiger partial charge is 0.339 e. The zero-order valence-electron chi connectivity index (χ0n) is 16.1. The van der Waals surface area contributed by atoms with E-state index in [1.54, 1.807) is 0 Å². The lowest BCUT2D eigenvalue weighted by atomic mass is 9.97. The van der Waals surface area contributed by atoms with Crippen LogP contribution >= 0.6 is 0 Å². The van der Waals surface area contributed by atoms with E-state index in [2.05, 4.69) is 48.4 Å². The van der Waals surface area contributed by atoms with Gasteiger partial charge in [-0.3, -0.25) is 0 Å². The Morgan fingerprint density at radius 2 is 2.00 bits per heavy atom. The number of rotatable bonds is 4. The number of urea groups is 1. The molecule has 1 aromatic carbocycles. The SMILES string of the molecule is Cc1cc(C)c(CCNC(=O)N2CCC[C@H](c3nc(C)no3)C2)c(C)c1. The Morgan fingerprint density at radius 3 is 2.65 bits per heavy atom. The number of hydrogen-bond donors (Lipinski definition) is 1. The van der Waals surface area contributed by atoms with Crippen molar-refractivity contribution in [1.82, 2.24) is 20.4 Å². The number of piperidine rings is 1. The van der Waals surface area contributed by atoms with E-state index in [4.69, 9.17) is 4.52 Å². The van der Waals surface area contributed by atoms with Crippen molar-refractivity contribution in [3.63, 3.8) is 0 Å². The number of carbonyl (C=O) groups is 1. The highest BCUT2D eigenvalue weighted by molar-refractivity contribution is 5.74. The maximum atomic E-state index is 12.5. The highest BCUT2D eigenvalue weighted by atomic mass is 16.5. The summed E-state index contributed by atoms with van der Waals surface area (Å²) >= 11 is 0. The van der Waals surface area contributed by atoms with E-state index in [1.165, 1.54) is 22.3 Å². The average molecular weight is 356 g/mol. The fourth-order valence-corrected chi connectivity index (χ4v) is 3.85. The highest BCUT2D eigenvalue weighted by Crippen LogP contribution is 2.25. The number of carbonyl (C=O) groups excluding carboxylic acids is 1. The minimum atomic E-state index is -0.00615. The molecule has 2 aromatic rings. The molecule has 1 aliphatic rings. The molecule has 1 aromatic heterocycles. The molecule has 0 spiro atoms. The quantitative estimate of drug-likeness (QED) is 0.911. The number of benzene rings is 1. The van der Waals surface area contributed by atoms with Gasteiger partial charge in [-0.2, -0.15) is 4.98 Å². The van der Waals surface area contributed by atoms with Crippen LogP contribution in [0.5, 0.6) is 0 Å². The topological polar surface area (TPSA) is 71.3 Å². The predicted octanol–water partition coefficient (Wildman–Crippen LogP) is 3.43. The zero-order valence-corrected chi connectivity index (χ0v) is 16.1. The molecular formula is C20H28N4O2. The molecule has 140 valence electrons. The fraction of sp³-hybridized carbons (Fsp3) is 0.550. The first kappa shape index (κ1) is 18.4. The van der Waals surface area contributed by atoms with Crippen LogP contribution in [0.15, 0.2) is 16.7 Å². The van der Waals surface area contributed by atoms with Crippen LogP contribution in [0.25, 0.3) is 0 Å². The second-order valence-electron chi connectivity index (χ2n) is 7.32. The van der Waals surface area contributed by atoms with Crippen LogP contribution < -0.4 is 5.32 Å². The molecule has 1 N–H and O–H groups in total. The molecule has 6 nitrogen and oxygen atoms in total. The van der Waals surface area contributed by atoms with Crippen molar-refractivity contribution in [3.8, 4) is 0 Å². The van der Waals surface area contributed by atoms with Crippen LogP contribution in [-0.4, -0.2) is 40.7 Å². The Hall–Kier alpha value is -2.37. The van der Waals surface area contributed by atoms with Gasteiger partial charge < -0.3 is 14.7 Å². The molecule has 0 unspecified atom stereocenters. The maximum absolute atomic E-state index is 12.5. The Kier molecular flexibility index (Phi) is 5.59. The number of amides is 2.